The highest BCUT2D eigenvalue weighted by molar-refractivity contribution is 5.85. The third-order valence-electron chi connectivity index (χ3n) is 4.51. The van der Waals surface area contributed by atoms with E-state index in [1.54, 1.807) is 17.6 Å². The summed E-state index contributed by atoms with van der Waals surface area (Å²) in [6, 6.07) is 7.28. The van der Waals surface area contributed by atoms with Gasteiger partial charge in [0, 0.05) is 0 Å². The number of benzene rings is 1. The zero-order valence-corrected chi connectivity index (χ0v) is 14.0. The fourth-order valence-electron chi connectivity index (χ4n) is 2.90. The lowest BCUT2D eigenvalue weighted by molar-refractivity contribution is 0.228. The number of nitrogens with two attached hydrogens (primary N) is 1. The van der Waals surface area contributed by atoms with Crippen LogP contribution in [0, 0.1) is 6.92 Å². The van der Waals surface area contributed by atoms with Crippen molar-refractivity contribution in [2.24, 2.45) is 5.73 Å². The van der Waals surface area contributed by atoms with Crippen LogP contribution >= 0.6 is 12.4 Å². The minimum absolute atomic E-state index is 0. The summed E-state index contributed by atoms with van der Waals surface area (Å²) in [4.78, 5) is 21.5. The van der Waals surface area contributed by atoms with E-state index in [4.69, 9.17) is 10.3 Å². The summed E-state index contributed by atoms with van der Waals surface area (Å²) in [5.41, 5.74) is 6.31. The highest BCUT2D eigenvalue weighted by atomic mass is 35.5. The number of halogens is 1. The first-order chi connectivity index (χ1) is 11.1. The van der Waals surface area contributed by atoms with Gasteiger partial charge < -0.3 is 10.3 Å². The molecule has 0 bridgehead atoms. The molecule has 0 amide bonds. The molecule has 3 aromatic rings. The molecule has 1 aliphatic carbocycles. The van der Waals surface area contributed by atoms with Crippen LogP contribution in [0.1, 0.15) is 36.8 Å². The number of hydrogen-bond donors (Lipinski definition) is 1. The minimum atomic E-state index is -0.469. The van der Waals surface area contributed by atoms with Crippen molar-refractivity contribution in [3.8, 4) is 0 Å². The largest absolute Gasteiger partial charge is 0.337 e. The molecule has 1 aliphatic rings. The first kappa shape index (κ1) is 16.6. The molecule has 2 heterocycles. The quantitative estimate of drug-likeness (QED) is 0.776. The SMILES string of the molecule is Cc1nc2ccccc2c(=O)n1Cc1nc(C2(N)CCC2)no1.Cl. The second-order valence-corrected chi connectivity index (χ2v) is 6.09. The van der Waals surface area contributed by atoms with Crippen molar-refractivity contribution in [3.05, 3.63) is 52.2 Å². The molecule has 2 aromatic heterocycles. The lowest BCUT2D eigenvalue weighted by Crippen LogP contribution is -2.44. The summed E-state index contributed by atoms with van der Waals surface area (Å²) >= 11 is 0. The van der Waals surface area contributed by atoms with Gasteiger partial charge in [0.1, 0.15) is 12.4 Å². The van der Waals surface area contributed by atoms with Crippen LogP contribution in [-0.4, -0.2) is 19.7 Å². The second kappa shape index (κ2) is 5.99. The van der Waals surface area contributed by atoms with Crippen molar-refractivity contribution in [2.75, 3.05) is 0 Å². The fraction of sp³-hybridized carbons (Fsp3) is 0.375. The summed E-state index contributed by atoms with van der Waals surface area (Å²) in [5, 5.41) is 4.56. The molecule has 126 valence electrons. The maximum atomic E-state index is 12.6. The van der Waals surface area contributed by atoms with Crippen molar-refractivity contribution in [1.29, 1.82) is 0 Å². The number of aryl methyl sites for hydroxylation is 1. The van der Waals surface area contributed by atoms with Gasteiger partial charge in [0.2, 0.25) is 5.89 Å². The van der Waals surface area contributed by atoms with E-state index in [0.717, 1.165) is 19.3 Å². The molecule has 8 heteroatoms. The molecule has 0 saturated heterocycles. The third-order valence-corrected chi connectivity index (χ3v) is 4.51. The molecule has 0 unspecified atom stereocenters. The zero-order chi connectivity index (χ0) is 16.0. The van der Waals surface area contributed by atoms with Crippen molar-refractivity contribution in [1.82, 2.24) is 19.7 Å². The minimum Gasteiger partial charge on any atom is -0.337 e. The van der Waals surface area contributed by atoms with Crippen LogP contribution in [-0.2, 0) is 12.1 Å². The molecule has 4 rings (SSSR count). The van der Waals surface area contributed by atoms with Crippen molar-refractivity contribution < 1.29 is 4.52 Å². The van der Waals surface area contributed by atoms with E-state index in [-0.39, 0.29) is 24.5 Å². The van der Waals surface area contributed by atoms with E-state index >= 15 is 0 Å². The summed E-state index contributed by atoms with van der Waals surface area (Å²) in [7, 11) is 0. The third kappa shape index (κ3) is 2.59. The van der Waals surface area contributed by atoms with Gasteiger partial charge in [0.05, 0.1) is 16.4 Å². The van der Waals surface area contributed by atoms with Gasteiger partial charge in [0.25, 0.3) is 5.56 Å². The van der Waals surface area contributed by atoms with E-state index in [1.165, 1.54) is 0 Å². The maximum absolute atomic E-state index is 12.6. The van der Waals surface area contributed by atoms with Crippen LogP contribution in [0.5, 0.6) is 0 Å². The smallest absolute Gasteiger partial charge is 0.261 e. The van der Waals surface area contributed by atoms with Crippen LogP contribution < -0.4 is 11.3 Å². The lowest BCUT2D eigenvalue weighted by Gasteiger charge is -2.34. The molecule has 24 heavy (non-hydrogen) atoms. The van der Waals surface area contributed by atoms with Gasteiger partial charge in [-0.25, -0.2) is 4.98 Å². The van der Waals surface area contributed by atoms with Gasteiger partial charge in [0.15, 0.2) is 5.82 Å². The fourth-order valence-corrected chi connectivity index (χ4v) is 2.90. The van der Waals surface area contributed by atoms with Crippen molar-refractivity contribution in [3.63, 3.8) is 0 Å². The summed E-state index contributed by atoms with van der Waals surface area (Å²) in [6.45, 7) is 1.99. The monoisotopic (exact) mass is 347 g/mol. The van der Waals surface area contributed by atoms with E-state index in [9.17, 15) is 4.79 Å². The number of hydrogen-bond acceptors (Lipinski definition) is 6. The molecule has 2 N–H and O–H groups in total. The first-order valence-corrected chi connectivity index (χ1v) is 7.65. The van der Waals surface area contributed by atoms with Crippen molar-refractivity contribution in [2.45, 2.75) is 38.3 Å². The predicted molar refractivity (Wildman–Crippen MR) is 91.1 cm³/mol. The Morgan fingerprint density at radius 3 is 2.75 bits per heavy atom. The number of rotatable bonds is 3. The summed E-state index contributed by atoms with van der Waals surface area (Å²) in [5.74, 6) is 1.51. The Morgan fingerprint density at radius 2 is 2.04 bits per heavy atom. The van der Waals surface area contributed by atoms with Gasteiger partial charge in [-0.2, -0.15) is 4.98 Å². The second-order valence-electron chi connectivity index (χ2n) is 6.09. The highest BCUT2D eigenvalue weighted by Crippen LogP contribution is 2.36. The maximum Gasteiger partial charge on any atom is 0.261 e. The predicted octanol–water partition coefficient (Wildman–Crippen LogP) is 1.90. The Bertz CT molecular complexity index is 945. The molecule has 0 spiro atoms. The molecule has 0 atom stereocenters. The average molecular weight is 348 g/mol. The molecule has 0 aliphatic heterocycles. The number of para-hydroxylation sites is 1. The number of nitrogens with zero attached hydrogens (tertiary/aromatic N) is 4. The highest BCUT2D eigenvalue weighted by Gasteiger charge is 2.39. The standard InChI is InChI=1S/C16H17N5O2.ClH/c1-10-18-12-6-3-2-5-11(12)14(22)21(10)9-13-19-15(20-23-13)16(17)7-4-8-16;/h2-3,5-6H,4,7-9,17H2,1H3;1H. The summed E-state index contributed by atoms with van der Waals surface area (Å²) < 4.78 is 6.83. The van der Waals surface area contributed by atoms with Gasteiger partial charge >= 0.3 is 0 Å². The molecule has 0 radical (unpaired) electrons. The van der Waals surface area contributed by atoms with Gasteiger partial charge in [-0.15, -0.1) is 12.4 Å². The lowest BCUT2D eigenvalue weighted by atomic mass is 9.77. The molecule has 1 aromatic carbocycles. The Balaban J connectivity index is 0.00000169. The molecular formula is C16H18ClN5O2. The van der Waals surface area contributed by atoms with Crippen LogP contribution in [0.4, 0.5) is 0 Å². The van der Waals surface area contributed by atoms with Crippen LogP contribution in [0.2, 0.25) is 0 Å². The normalized spacial score (nSPS) is 15.8. The number of fused-ring (bicyclic) bond motifs is 1. The molecule has 1 fully saturated rings. The van der Waals surface area contributed by atoms with Crippen LogP contribution in [0.25, 0.3) is 10.9 Å². The zero-order valence-electron chi connectivity index (χ0n) is 13.2. The van der Waals surface area contributed by atoms with Crippen LogP contribution in [0.3, 0.4) is 0 Å². The van der Waals surface area contributed by atoms with Crippen molar-refractivity contribution >= 4 is 23.3 Å². The molecule has 1 saturated carbocycles. The van der Waals surface area contributed by atoms with E-state index < -0.39 is 5.54 Å². The molecular weight excluding hydrogens is 330 g/mol. The Morgan fingerprint density at radius 1 is 1.29 bits per heavy atom. The van der Waals surface area contributed by atoms with Crippen LogP contribution in [0.15, 0.2) is 33.6 Å². The van der Waals surface area contributed by atoms with E-state index in [2.05, 4.69) is 15.1 Å². The Kier molecular flexibility index (Phi) is 4.15. The Labute approximate surface area is 144 Å². The van der Waals surface area contributed by atoms with Gasteiger partial charge in [-0.1, -0.05) is 17.3 Å². The average Bonchev–Trinajstić information content (AvgIpc) is 2.98. The molecule has 7 nitrogen and oxygen atoms in total. The summed E-state index contributed by atoms with van der Waals surface area (Å²) in [6.07, 6.45) is 2.80. The Hall–Kier alpha value is -2.25. The number of aromatic nitrogens is 4. The van der Waals surface area contributed by atoms with Gasteiger partial charge in [-0.05, 0) is 38.3 Å². The van der Waals surface area contributed by atoms with E-state index in [0.29, 0.717) is 28.4 Å². The van der Waals surface area contributed by atoms with E-state index in [1.807, 2.05) is 18.2 Å². The first-order valence-electron chi connectivity index (χ1n) is 7.65. The topological polar surface area (TPSA) is 99.8 Å². The van der Waals surface area contributed by atoms with Gasteiger partial charge in [-0.3, -0.25) is 9.36 Å².